The molecule has 0 saturated carbocycles. The third-order valence-corrected chi connectivity index (χ3v) is 2.40. The molecule has 94 valence electrons. The summed E-state index contributed by atoms with van der Waals surface area (Å²) in [5.41, 5.74) is 1.01. The summed E-state index contributed by atoms with van der Waals surface area (Å²) in [5, 5.41) is 2.87. The first kappa shape index (κ1) is 13.6. The first-order chi connectivity index (χ1) is 8.11. The van der Waals surface area contributed by atoms with Gasteiger partial charge in [-0.1, -0.05) is 12.1 Å². The number of carbonyl (C=O) groups is 1. The van der Waals surface area contributed by atoms with Crippen molar-refractivity contribution in [3.8, 4) is 0 Å². The Morgan fingerprint density at radius 2 is 2.06 bits per heavy atom. The Labute approximate surface area is 101 Å². The van der Waals surface area contributed by atoms with E-state index in [4.69, 9.17) is 4.74 Å². The van der Waals surface area contributed by atoms with Gasteiger partial charge in [-0.05, 0) is 31.0 Å². The molecule has 0 unspecified atom stereocenters. The van der Waals surface area contributed by atoms with Crippen LogP contribution in [0.25, 0.3) is 0 Å². The van der Waals surface area contributed by atoms with Gasteiger partial charge in [-0.2, -0.15) is 0 Å². The van der Waals surface area contributed by atoms with Crippen molar-refractivity contribution >= 4 is 5.91 Å². The SMILES string of the molecule is COCCC(=O)N[C@H](C)Cc1ccc(F)cc1. The van der Waals surface area contributed by atoms with Crippen LogP contribution in [0.3, 0.4) is 0 Å². The largest absolute Gasteiger partial charge is 0.384 e. The van der Waals surface area contributed by atoms with Crippen LogP contribution in [0, 0.1) is 5.82 Å². The Morgan fingerprint density at radius 3 is 2.65 bits per heavy atom. The van der Waals surface area contributed by atoms with Crippen molar-refractivity contribution in [3.05, 3.63) is 35.6 Å². The molecule has 1 aromatic carbocycles. The molecule has 0 aliphatic carbocycles. The minimum absolute atomic E-state index is 0.0264. The van der Waals surface area contributed by atoms with Gasteiger partial charge in [0.15, 0.2) is 0 Å². The molecule has 3 nitrogen and oxygen atoms in total. The fraction of sp³-hybridized carbons (Fsp3) is 0.462. The molecule has 0 radical (unpaired) electrons. The zero-order valence-corrected chi connectivity index (χ0v) is 10.2. The van der Waals surface area contributed by atoms with E-state index >= 15 is 0 Å². The number of halogens is 1. The lowest BCUT2D eigenvalue weighted by molar-refractivity contribution is -0.122. The summed E-state index contributed by atoms with van der Waals surface area (Å²) < 4.78 is 17.5. The molecule has 0 saturated heterocycles. The Balaban J connectivity index is 2.36. The second-order valence-electron chi connectivity index (χ2n) is 4.04. The van der Waals surface area contributed by atoms with Crippen molar-refractivity contribution in [2.45, 2.75) is 25.8 Å². The Bertz CT molecular complexity index is 351. The van der Waals surface area contributed by atoms with E-state index in [1.807, 2.05) is 6.92 Å². The Hall–Kier alpha value is -1.42. The van der Waals surface area contributed by atoms with Crippen molar-refractivity contribution in [2.75, 3.05) is 13.7 Å². The number of benzene rings is 1. The fourth-order valence-electron chi connectivity index (χ4n) is 1.57. The molecule has 4 heteroatoms. The quantitative estimate of drug-likeness (QED) is 0.823. The summed E-state index contributed by atoms with van der Waals surface area (Å²) in [6, 6.07) is 6.34. The number of hydrogen-bond donors (Lipinski definition) is 1. The molecule has 0 heterocycles. The second-order valence-corrected chi connectivity index (χ2v) is 4.04. The maximum Gasteiger partial charge on any atom is 0.222 e. The van der Waals surface area contributed by atoms with Gasteiger partial charge in [0.1, 0.15) is 5.82 Å². The van der Waals surface area contributed by atoms with Gasteiger partial charge in [-0.3, -0.25) is 4.79 Å². The van der Waals surface area contributed by atoms with Crippen LogP contribution in [-0.2, 0) is 16.0 Å². The van der Waals surface area contributed by atoms with Crippen LogP contribution in [0.5, 0.6) is 0 Å². The molecule has 0 spiro atoms. The highest BCUT2D eigenvalue weighted by Gasteiger charge is 2.07. The molecule has 0 aromatic heterocycles. The highest BCUT2D eigenvalue weighted by atomic mass is 19.1. The summed E-state index contributed by atoms with van der Waals surface area (Å²) in [7, 11) is 1.56. The third-order valence-electron chi connectivity index (χ3n) is 2.40. The van der Waals surface area contributed by atoms with Crippen molar-refractivity contribution < 1.29 is 13.9 Å². The highest BCUT2D eigenvalue weighted by Crippen LogP contribution is 2.05. The molecule has 0 bridgehead atoms. The highest BCUT2D eigenvalue weighted by molar-refractivity contribution is 5.76. The van der Waals surface area contributed by atoms with Gasteiger partial charge in [0.05, 0.1) is 6.61 Å². The molecule has 1 amide bonds. The van der Waals surface area contributed by atoms with E-state index < -0.39 is 0 Å². The van der Waals surface area contributed by atoms with Crippen molar-refractivity contribution in [2.24, 2.45) is 0 Å². The molecule has 1 rings (SSSR count). The number of rotatable bonds is 6. The first-order valence-corrected chi connectivity index (χ1v) is 5.64. The lowest BCUT2D eigenvalue weighted by Gasteiger charge is -2.13. The van der Waals surface area contributed by atoms with Gasteiger partial charge in [0.2, 0.25) is 5.91 Å². The Kier molecular flexibility index (Phi) is 5.63. The van der Waals surface area contributed by atoms with E-state index in [9.17, 15) is 9.18 Å². The van der Waals surface area contributed by atoms with Gasteiger partial charge < -0.3 is 10.1 Å². The van der Waals surface area contributed by atoms with Gasteiger partial charge >= 0.3 is 0 Å². The van der Waals surface area contributed by atoms with Gasteiger partial charge in [-0.25, -0.2) is 4.39 Å². The van der Waals surface area contributed by atoms with E-state index in [-0.39, 0.29) is 17.8 Å². The molecule has 0 fully saturated rings. The van der Waals surface area contributed by atoms with Gasteiger partial charge in [0.25, 0.3) is 0 Å². The smallest absolute Gasteiger partial charge is 0.222 e. The minimum Gasteiger partial charge on any atom is -0.384 e. The van der Waals surface area contributed by atoms with Gasteiger partial charge in [0, 0.05) is 19.6 Å². The lowest BCUT2D eigenvalue weighted by Crippen LogP contribution is -2.34. The van der Waals surface area contributed by atoms with Crippen LogP contribution in [0.4, 0.5) is 4.39 Å². The van der Waals surface area contributed by atoms with Crippen LogP contribution >= 0.6 is 0 Å². The molecule has 0 aliphatic rings. The molecular weight excluding hydrogens is 221 g/mol. The number of amides is 1. The summed E-state index contributed by atoms with van der Waals surface area (Å²) in [6.45, 7) is 2.35. The van der Waals surface area contributed by atoms with E-state index in [0.29, 0.717) is 19.4 Å². The van der Waals surface area contributed by atoms with Crippen molar-refractivity contribution in [1.82, 2.24) is 5.32 Å². The number of hydrogen-bond acceptors (Lipinski definition) is 2. The standard InChI is InChI=1S/C13H18FNO2/c1-10(15-13(16)7-8-17-2)9-11-3-5-12(14)6-4-11/h3-6,10H,7-9H2,1-2H3,(H,15,16)/t10-/m1/s1. The van der Waals surface area contributed by atoms with Crippen LogP contribution < -0.4 is 5.32 Å². The average molecular weight is 239 g/mol. The lowest BCUT2D eigenvalue weighted by atomic mass is 10.1. The zero-order chi connectivity index (χ0) is 12.7. The zero-order valence-electron chi connectivity index (χ0n) is 10.2. The number of nitrogens with one attached hydrogen (secondary N) is 1. The summed E-state index contributed by atoms with van der Waals surface area (Å²) in [5.74, 6) is -0.271. The third kappa shape index (κ3) is 5.45. The molecule has 17 heavy (non-hydrogen) atoms. The molecule has 1 aromatic rings. The summed E-state index contributed by atoms with van der Waals surface area (Å²) in [4.78, 5) is 11.4. The average Bonchev–Trinajstić information content (AvgIpc) is 2.29. The molecule has 0 aliphatic heterocycles. The number of methoxy groups -OCH3 is 1. The van der Waals surface area contributed by atoms with Crippen molar-refractivity contribution in [3.63, 3.8) is 0 Å². The molecule has 1 N–H and O–H groups in total. The maximum atomic E-state index is 12.7. The maximum absolute atomic E-state index is 12.7. The van der Waals surface area contributed by atoms with E-state index in [1.54, 1.807) is 19.2 Å². The normalized spacial score (nSPS) is 12.2. The summed E-state index contributed by atoms with van der Waals surface area (Å²) >= 11 is 0. The predicted molar refractivity (Wildman–Crippen MR) is 64.2 cm³/mol. The van der Waals surface area contributed by atoms with E-state index in [0.717, 1.165) is 5.56 Å². The molecule has 1 atom stereocenters. The van der Waals surface area contributed by atoms with E-state index in [1.165, 1.54) is 12.1 Å². The van der Waals surface area contributed by atoms with Crippen LogP contribution in [0.15, 0.2) is 24.3 Å². The molecular formula is C13H18FNO2. The first-order valence-electron chi connectivity index (χ1n) is 5.64. The minimum atomic E-state index is -0.245. The number of ether oxygens (including phenoxy) is 1. The monoisotopic (exact) mass is 239 g/mol. The fourth-order valence-corrected chi connectivity index (χ4v) is 1.57. The number of carbonyl (C=O) groups excluding carboxylic acids is 1. The van der Waals surface area contributed by atoms with Gasteiger partial charge in [-0.15, -0.1) is 0 Å². The van der Waals surface area contributed by atoms with E-state index in [2.05, 4.69) is 5.32 Å². The second kappa shape index (κ2) is 7.01. The van der Waals surface area contributed by atoms with Crippen molar-refractivity contribution in [1.29, 1.82) is 0 Å². The van der Waals surface area contributed by atoms with Crippen LogP contribution in [0.1, 0.15) is 18.9 Å². The van der Waals surface area contributed by atoms with Crippen LogP contribution in [-0.4, -0.2) is 25.7 Å². The predicted octanol–water partition coefficient (Wildman–Crippen LogP) is 1.91. The topological polar surface area (TPSA) is 38.3 Å². The summed E-state index contributed by atoms with van der Waals surface area (Å²) in [6.07, 6.45) is 1.06. The Morgan fingerprint density at radius 1 is 1.41 bits per heavy atom. The van der Waals surface area contributed by atoms with Crippen LogP contribution in [0.2, 0.25) is 0 Å².